The van der Waals surface area contributed by atoms with E-state index in [1.807, 2.05) is 18.2 Å². The highest BCUT2D eigenvalue weighted by molar-refractivity contribution is 5.84. The summed E-state index contributed by atoms with van der Waals surface area (Å²) in [6, 6.07) is 16.5. The molecule has 0 aromatic heterocycles. The SMILES string of the molecule is Cc1cc(C#N)ccc1N1c2ccccc2N(C)C1C. The van der Waals surface area contributed by atoms with Crippen molar-refractivity contribution in [1.82, 2.24) is 0 Å². The fourth-order valence-corrected chi connectivity index (χ4v) is 2.87. The second kappa shape index (κ2) is 4.57. The minimum absolute atomic E-state index is 0.263. The molecule has 1 heterocycles. The van der Waals surface area contributed by atoms with Crippen molar-refractivity contribution in [3.8, 4) is 6.07 Å². The number of nitriles is 1. The first-order valence-corrected chi connectivity index (χ1v) is 6.75. The predicted molar refractivity (Wildman–Crippen MR) is 82.3 cm³/mol. The van der Waals surface area contributed by atoms with E-state index in [0.717, 1.165) is 11.3 Å². The van der Waals surface area contributed by atoms with E-state index in [9.17, 15) is 0 Å². The van der Waals surface area contributed by atoms with Gasteiger partial charge in [0.05, 0.1) is 23.0 Å². The van der Waals surface area contributed by atoms with Gasteiger partial charge in [-0.25, -0.2) is 0 Å². The summed E-state index contributed by atoms with van der Waals surface area (Å²) in [5.74, 6) is 0. The van der Waals surface area contributed by atoms with Gasteiger partial charge in [0.1, 0.15) is 6.17 Å². The minimum Gasteiger partial charge on any atom is -0.353 e. The van der Waals surface area contributed by atoms with Crippen molar-refractivity contribution in [2.75, 3.05) is 16.8 Å². The smallest absolute Gasteiger partial charge is 0.103 e. The van der Waals surface area contributed by atoms with E-state index in [1.165, 1.54) is 11.4 Å². The maximum atomic E-state index is 9.00. The molecule has 3 rings (SSSR count). The Labute approximate surface area is 119 Å². The van der Waals surface area contributed by atoms with Gasteiger partial charge in [0.2, 0.25) is 0 Å². The third-order valence-electron chi connectivity index (χ3n) is 4.04. The number of rotatable bonds is 1. The highest BCUT2D eigenvalue weighted by Crippen LogP contribution is 2.43. The van der Waals surface area contributed by atoms with Gasteiger partial charge < -0.3 is 9.80 Å². The quantitative estimate of drug-likeness (QED) is 0.784. The first-order valence-electron chi connectivity index (χ1n) is 6.75. The van der Waals surface area contributed by atoms with Crippen LogP contribution in [-0.4, -0.2) is 13.2 Å². The van der Waals surface area contributed by atoms with E-state index in [-0.39, 0.29) is 6.17 Å². The molecule has 0 bridgehead atoms. The number of aryl methyl sites for hydroxylation is 1. The van der Waals surface area contributed by atoms with Crippen LogP contribution in [0, 0.1) is 18.3 Å². The molecule has 2 aromatic carbocycles. The molecule has 1 aliphatic rings. The molecule has 100 valence electrons. The summed E-state index contributed by atoms with van der Waals surface area (Å²) in [7, 11) is 2.11. The summed E-state index contributed by atoms with van der Waals surface area (Å²) >= 11 is 0. The largest absolute Gasteiger partial charge is 0.353 e. The minimum atomic E-state index is 0.263. The van der Waals surface area contributed by atoms with Gasteiger partial charge in [-0.2, -0.15) is 5.26 Å². The molecule has 0 fully saturated rings. The molecule has 20 heavy (non-hydrogen) atoms. The van der Waals surface area contributed by atoms with Gasteiger partial charge in [-0.3, -0.25) is 0 Å². The molecule has 2 aromatic rings. The molecular formula is C17H17N3. The monoisotopic (exact) mass is 263 g/mol. The van der Waals surface area contributed by atoms with Gasteiger partial charge in [-0.15, -0.1) is 0 Å². The Bertz CT molecular complexity index is 700. The van der Waals surface area contributed by atoms with Crippen molar-refractivity contribution >= 4 is 17.1 Å². The summed E-state index contributed by atoms with van der Waals surface area (Å²) in [5, 5.41) is 9.00. The molecule has 3 nitrogen and oxygen atoms in total. The molecule has 0 amide bonds. The van der Waals surface area contributed by atoms with Crippen molar-refractivity contribution in [3.63, 3.8) is 0 Å². The standard InChI is InChI=1S/C17H17N3/c1-12-10-14(11-18)8-9-15(12)20-13(2)19(3)16-6-4-5-7-17(16)20/h4-10,13H,1-3H3. The Morgan fingerprint density at radius 2 is 1.75 bits per heavy atom. The van der Waals surface area contributed by atoms with E-state index >= 15 is 0 Å². The van der Waals surface area contributed by atoms with Crippen molar-refractivity contribution in [2.45, 2.75) is 20.0 Å². The summed E-state index contributed by atoms with van der Waals surface area (Å²) in [6.07, 6.45) is 0.263. The average Bonchev–Trinajstić information content (AvgIpc) is 2.72. The van der Waals surface area contributed by atoms with Crippen LogP contribution in [0.25, 0.3) is 0 Å². The fraction of sp³-hybridized carbons (Fsp3) is 0.235. The Hall–Kier alpha value is -2.47. The third kappa shape index (κ3) is 1.73. The van der Waals surface area contributed by atoms with Gasteiger partial charge in [0.25, 0.3) is 0 Å². The normalized spacial score (nSPS) is 17.0. The number of para-hydroxylation sites is 2. The van der Waals surface area contributed by atoms with Crippen LogP contribution in [0.15, 0.2) is 42.5 Å². The van der Waals surface area contributed by atoms with Crippen molar-refractivity contribution < 1.29 is 0 Å². The lowest BCUT2D eigenvalue weighted by molar-refractivity contribution is 0.732. The molecule has 1 atom stereocenters. The molecule has 1 unspecified atom stereocenters. The number of benzene rings is 2. The van der Waals surface area contributed by atoms with Crippen LogP contribution in [0.1, 0.15) is 18.1 Å². The second-order valence-corrected chi connectivity index (χ2v) is 5.21. The van der Waals surface area contributed by atoms with Crippen LogP contribution in [-0.2, 0) is 0 Å². The zero-order valence-corrected chi connectivity index (χ0v) is 12.0. The second-order valence-electron chi connectivity index (χ2n) is 5.21. The maximum absolute atomic E-state index is 9.00. The molecule has 0 N–H and O–H groups in total. The van der Waals surface area contributed by atoms with Gasteiger partial charge in [-0.05, 0) is 49.7 Å². The van der Waals surface area contributed by atoms with Gasteiger partial charge in [0.15, 0.2) is 0 Å². The first-order chi connectivity index (χ1) is 9.63. The maximum Gasteiger partial charge on any atom is 0.103 e. The highest BCUT2D eigenvalue weighted by Gasteiger charge is 2.31. The average molecular weight is 263 g/mol. The molecule has 1 aliphatic heterocycles. The van der Waals surface area contributed by atoms with Gasteiger partial charge in [-0.1, -0.05) is 12.1 Å². The van der Waals surface area contributed by atoms with E-state index in [4.69, 9.17) is 5.26 Å². The summed E-state index contributed by atoms with van der Waals surface area (Å²) in [4.78, 5) is 4.60. The van der Waals surface area contributed by atoms with E-state index in [0.29, 0.717) is 5.56 Å². The molecule has 0 spiro atoms. The van der Waals surface area contributed by atoms with Crippen LogP contribution < -0.4 is 9.80 Å². The van der Waals surface area contributed by atoms with E-state index < -0.39 is 0 Å². The topological polar surface area (TPSA) is 30.3 Å². The van der Waals surface area contributed by atoms with E-state index in [1.54, 1.807) is 0 Å². The van der Waals surface area contributed by atoms with Crippen LogP contribution in [0.2, 0.25) is 0 Å². The van der Waals surface area contributed by atoms with Gasteiger partial charge in [0, 0.05) is 12.7 Å². The summed E-state index contributed by atoms with van der Waals surface area (Å²) in [6.45, 7) is 4.25. The van der Waals surface area contributed by atoms with Crippen LogP contribution in [0.4, 0.5) is 17.1 Å². The van der Waals surface area contributed by atoms with Gasteiger partial charge >= 0.3 is 0 Å². The fourth-order valence-electron chi connectivity index (χ4n) is 2.87. The molecule has 3 heteroatoms. The predicted octanol–water partition coefficient (Wildman–Crippen LogP) is 3.80. The van der Waals surface area contributed by atoms with Crippen LogP contribution in [0.5, 0.6) is 0 Å². The number of hydrogen-bond donors (Lipinski definition) is 0. The van der Waals surface area contributed by atoms with Crippen LogP contribution in [0.3, 0.4) is 0 Å². The number of hydrogen-bond acceptors (Lipinski definition) is 3. The lowest BCUT2D eigenvalue weighted by Gasteiger charge is -2.29. The van der Waals surface area contributed by atoms with Crippen molar-refractivity contribution in [1.29, 1.82) is 5.26 Å². The van der Waals surface area contributed by atoms with Crippen molar-refractivity contribution in [2.24, 2.45) is 0 Å². The lowest BCUT2D eigenvalue weighted by Crippen LogP contribution is -2.35. The number of anilines is 3. The zero-order valence-electron chi connectivity index (χ0n) is 12.0. The first kappa shape index (κ1) is 12.6. The van der Waals surface area contributed by atoms with Crippen molar-refractivity contribution in [3.05, 3.63) is 53.6 Å². The molecule has 0 aliphatic carbocycles. The Morgan fingerprint density at radius 3 is 2.40 bits per heavy atom. The highest BCUT2D eigenvalue weighted by atomic mass is 15.4. The molecule has 0 saturated carbocycles. The lowest BCUT2D eigenvalue weighted by atomic mass is 10.1. The molecule has 0 saturated heterocycles. The number of fused-ring (bicyclic) bond motifs is 1. The van der Waals surface area contributed by atoms with E-state index in [2.05, 4.69) is 61.0 Å². The number of nitrogens with zero attached hydrogens (tertiary/aromatic N) is 3. The van der Waals surface area contributed by atoms with Crippen LogP contribution >= 0.6 is 0 Å². The molecule has 0 radical (unpaired) electrons. The Kier molecular flexibility index (Phi) is 2.87. The Morgan fingerprint density at radius 1 is 1.05 bits per heavy atom. The summed E-state index contributed by atoms with van der Waals surface area (Å²) in [5.41, 5.74) is 5.45. The molecular weight excluding hydrogens is 246 g/mol. The third-order valence-corrected chi connectivity index (χ3v) is 4.04. The zero-order chi connectivity index (χ0) is 14.3. The summed E-state index contributed by atoms with van der Waals surface area (Å²) < 4.78 is 0. The Balaban J connectivity index is 2.14.